The summed E-state index contributed by atoms with van der Waals surface area (Å²) in [5.74, 6) is 1.26. The lowest BCUT2D eigenvalue weighted by atomic mass is 10.1. The molecule has 0 bridgehead atoms. The van der Waals surface area contributed by atoms with E-state index in [1.807, 2.05) is 24.3 Å². The van der Waals surface area contributed by atoms with Gasteiger partial charge in [-0.05, 0) is 24.1 Å². The zero-order valence-electron chi connectivity index (χ0n) is 9.80. The van der Waals surface area contributed by atoms with E-state index in [2.05, 4.69) is 15.0 Å². The van der Waals surface area contributed by atoms with Crippen LogP contribution in [-0.4, -0.2) is 20.1 Å². The predicted octanol–water partition coefficient (Wildman–Crippen LogP) is 2.45. The Labute approximate surface area is 104 Å². The van der Waals surface area contributed by atoms with Gasteiger partial charge in [-0.25, -0.2) is 4.98 Å². The Balaban J connectivity index is 1.79. The number of phenols is 1. The van der Waals surface area contributed by atoms with Crippen LogP contribution in [0.25, 0.3) is 11.0 Å². The van der Waals surface area contributed by atoms with Gasteiger partial charge in [-0.1, -0.05) is 18.2 Å². The third-order valence-corrected chi connectivity index (χ3v) is 2.96. The van der Waals surface area contributed by atoms with Crippen molar-refractivity contribution in [2.24, 2.45) is 0 Å². The highest BCUT2D eigenvalue weighted by atomic mass is 16.3. The topological polar surface area (TPSA) is 61.8 Å². The third kappa shape index (κ3) is 2.05. The second-order valence-corrected chi connectivity index (χ2v) is 4.21. The van der Waals surface area contributed by atoms with Crippen molar-refractivity contribution in [2.75, 3.05) is 0 Å². The van der Waals surface area contributed by atoms with E-state index >= 15 is 0 Å². The van der Waals surface area contributed by atoms with Crippen LogP contribution >= 0.6 is 0 Å². The molecule has 2 N–H and O–H groups in total. The Morgan fingerprint density at radius 1 is 1.11 bits per heavy atom. The Hall–Kier alpha value is -2.36. The number of para-hydroxylation sites is 1. The number of H-pyrrole nitrogens is 1. The Morgan fingerprint density at radius 2 is 2.00 bits per heavy atom. The number of benzene rings is 1. The first-order valence-corrected chi connectivity index (χ1v) is 5.88. The van der Waals surface area contributed by atoms with E-state index in [0.717, 1.165) is 35.3 Å². The molecule has 4 heteroatoms. The molecule has 0 saturated heterocycles. The zero-order valence-corrected chi connectivity index (χ0v) is 9.80. The minimum atomic E-state index is 0.343. The minimum absolute atomic E-state index is 0.343. The predicted molar refractivity (Wildman–Crippen MR) is 69.4 cm³/mol. The number of rotatable bonds is 3. The fourth-order valence-electron chi connectivity index (χ4n) is 2.00. The first-order chi connectivity index (χ1) is 8.83. The number of pyridine rings is 1. The molecule has 4 nitrogen and oxygen atoms in total. The molecule has 0 aliphatic rings. The Kier molecular flexibility index (Phi) is 2.68. The molecule has 18 heavy (non-hydrogen) atoms. The van der Waals surface area contributed by atoms with E-state index < -0.39 is 0 Å². The molecule has 0 spiro atoms. The second kappa shape index (κ2) is 4.49. The van der Waals surface area contributed by atoms with Gasteiger partial charge in [-0.3, -0.25) is 4.98 Å². The van der Waals surface area contributed by atoms with Crippen molar-refractivity contribution < 1.29 is 5.11 Å². The molecular weight excluding hydrogens is 226 g/mol. The number of hydrogen-bond acceptors (Lipinski definition) is 3. The fourth-order valence-corrected chi connectivity index (χ4v) is 2.00. The number of phenolic OH excluding ortho intramolecular Hbond substituents is 1. The number of aromatic hydroxyl groups is 1. The normalized spacial score (nSPS) is 10.9. The molecule has 1 aromatic carbocycles. The zero-order chi connectivity index (χ0) is 12.4. The number of aryl methyl sites for hydroxylation is 2. The van der Waals surface area contributed by atoms with Gasteiger partial charge in [0.2, 0.25) is 0 Å². The molecule has 2 aromatic heterocycles. The molecule has 0 amide bonds. The summed E-state index contributed by atoms with van der Waals surface area (Å²) in [6.45, 7) is 0. The first-order valence-electron chi connectivity index (χ1n) is 5.88. The molecule has 3 rings (SSSR count). The summed E-state index contributed by atoms with van der Waals surface area (Å²) in [5.41, 5.74) is 2.82. The SMILES string of the molecule is Oc1ccccc1CCc1nc2ccncc2[nH]1. The van der Waals surface area contributed by atoms with Crippen molar-refractivity contribution in [3.05, 3.63) is 54.1 Å². The molecule has 0 radical (unpaired) electrons. The van der Waals surface area contributed by atoms with Crippen LogP contribution < -0.4 is 0 Å². The molecule has 0 unspecified atom stereocenters. The molecule has 0 aliphatic carbocycles. The number of aromatic nitrogens is 3. The van der Waals surface area contributed by atoms with Crippen LogP contribution in [0.15, 0.2) is 42.7 Å². The van der Waals surface area contributed by atoms with Crippen molar-refractivity contribution in [1.29, 1.82) is 0 Å². The quantitative estimate of drug-likeness (QED) is 0.738. The summed E-state index contributed by atoms with van der Waals surface area (Å²) in [4.78, 5) is 11.8. The van der Waals surface area contributed by atoms with Crippen LogP contribution in [0.5, 0.6) is 5.75 Å². The van der Waals surface area contributed by atoms with Gasteiger partial charge in [0.15, 0.2) is 0 Å². The van der Waals surface area contributed by atoms with Gasteiger partial charge in [0.05, 0.1) is 17.2 Å². The minimum Gasteiger partial charge on any atom is -0.508 e. The maximum Gasteiger partial charge on any atom is 0.118 e. The molecule has 3 aromatic rings. The van der Waals surface area contributed by atoms with E-state index in [-0.39, 0.29) is 0 Å². The molecule has 0 aliphatic heterocycles. The summed E-state index contributed by atoms with van der Waals surface area (Å²) >= 11 is 0. The lowest BCUT2D eigenvalue weighted by Gasteiger charge is -2.01. The van der Waals surface area contributed by atoms with E-state index in [0.29, 0.717) is 5.75 Å². The van der Waals surface area contributed by atoms with Crippen molar-refractivity contribution >= 4 is 11.0 Å². The second-order valence-electron chi connectivity index (χ2n) is 4.21. The molecule has 2 heterocycles. The Bertz CT molecular complexity index is 642. The van der Waals surface area contributed by atoms with Gasteiger partial charge >= 0.3 is 0 Å². The summed E-state index contributed by atoms with van der Waals surface area (Å²) in [6, 6.07) is 9.27. The average molecular weight is 239 g/mol. The number of nitrogens with one attached hydrogen (secondary N) is 1. The molecule has 0 fully saturated rings. The average Bonchev–Trinajstić information content (AvgIpc) is 2.80. The van der Waals surface area contributed by atoms with E-state index in [9.17, 15) is 5.11 Å². The van der Waals surface area contributed by atoms with Gasteiger partial charge in [0.25, 0.3) is 0 Å². The van der Waals surface area contributed by atoms with E-state index in [4.69, 9.17) is 0 Å². The van der Waals surface area contributed by atoms with Gasteiger partial charge in [0.1, 0.15) is 11.6 Å². The van der Waals surface area contributed by atoms with Crippen LogP contribution in [-0.2, 0) is 12.8 Å². The van der Waals surface area contributed by atoms with Crippen molar-refractivity contribution in [3.8, 4) is 5.75 Å². The highest BCUT2D eigenvalue weighted by Crippen LogP contribution is 2.18. The van der Waals surface area contributed by atoms with Gasteiger partial charge in [-0.15, -0.1) is 0 Å². The molecular formula is C14H13N3O. The number of hydrogen-bond donors (Lipinski definition) is 2. The van der Waals surface area contributed by atoms with Gasteiger partial charge in [-0.2, -0.15) is 0 Å². The number of aromatic amines is 1. The van der Waals surface area contributed by atoms with Crippen molar-refractivity contribution in [3.63, 3.8) is 0 Å². The Morgan fingerprint density at radius 3 is 2.83 bits per heavy atom. The highest BCUT2D eigenvalue weighted by molar-refractivity contribution is 5.73. The molecule has 0 atom stereocenters. The number of fused-ring (bicyclic) bond motifs is 1. The third-order valence-electron chi connectivity index (χ3n) is 2.96. The van der Waals surface area contributed by atoms with Crippen LogP contribution in [0.3, 0.4) is 0 Å². The number of imidazole rings is 1. The van der Waals surface area contributed by atoms with Crippen LogP contribution in [0.4, 0.5) is 0 Å². The van der Waals surface area contributed by atoms with Crippen molar-refractivity contribution in [1.82, 2.24) is 15.0 Å². The first kappa shape index (κ1) is 10.8. The lowest BCUT2D eigenvalue weighted by molar-refractivity contribution is 0.468. The summed E-state index contributed by atoms with van der Waals surface area (Å²) in [6.07, 6.45) is 5.04. The lowest BCUT2D eigenvalue weighted by Crippen LogP contribution is -1.93. The molecule has 0 saturated carbocycles. The van der Waals surface area contributed by atoms with Gasteiger partial charge < -0.3 is 10.1 Å². The summed E-state index contributed by atoms with van der Waals surface area (Å²) in [7, 11) is 0. The van der Waals surface area contributed by atoms with E-state index in [1.54, 1.807) is 18.5 Å². The highest BCUT2D eigenvalue weighted by Gasteiger charge is 2.04. The maximum absolute atomic E-state index is 9.69. The van der Waals surface area contributed by atoms with Crippen LogP contribution in [0, 0.1) is 0 Å². The number of nitrogens with zero attached hydrogens (tertiary/aromatic N) is 2. The summed E-state index contributed by atoms with van der Waals surface area (Å²) in [5, 5.41) is 9.69. The fraction of sp³-hybridized carbons (Fsp3) is 0.143. The van der Waals surface area contributed by atoms with Crippen LogP contribution in [0.1, 0.15) is 11.4 Å². The summed E-state index contributed by atoms with van der Waals surface area (Å²) < 4.78 is 0. The largest absolute Gasteiger partial charge is 0.508 e. The smallest absolute Gasteiger partial charge is 0.118 e. The maximum atomic E-state index is 9.69. The molecule has 90 valence electrons. The van der Waals surface area contributed by atoms with E-state index in [1.165, 1.54) is 0 Å². The van der Waals surface area contributed by atoms with Crippen LogP contribution in [0.2, 0.25) is 0 Å². The van der Waals surface area contributed by atoms with Gasteiger partial charge in [0, 0.05) is 12.6 Å². The standard InChI is InChI=1S/C14H13N3O/c18-13-4-2-1-3-10(13)5-6-14-16-11-7-8-15-9-12(11)17-14/h1-4,7-9,18H,5-6H2,(H,16,17). The van der Waals surface area contributed by atoms with Crippen molar-refractivity contribution in [2.45, 2.75) is 12.8 Å². The monoisotopic (exact) mass is 239 g/mol.